The fourth-order valence-corrected chi connectivity index (χ4v) is 2.98. The highest BCUT2D eigenvalue weighted by Gasteiger charge is 2.23. The van der Waals surface area contributed by atoms with Gasteiger partial charge in [0.15, 0.2) is 0 Å². The molecule has 3 N–H and O–H groups in total. The monoisotopic (exact) mass is 395 g/mol. The Labute approximate surface area is 147 Å². The number of nitrogens with zero attached hydrogens (tertiary/aromatic N) is 1. The first-order valence-electron chi connectivity index (χ1n) is 7.28. The minimum Gasteiger partial charge on any atom is -0.480 e. The van der Waals surface area contributed by atoms with Crippen molar-refractivity contribution in [3.63, 3.8) is 0 Å². The molecule has 0 aliphatic carbocycles. The zero-order valence-corrected chi connectivity index (χ0v) is 14.9. The number of halogens is 1. The Morgan fingerprint density at radius 1 is 1.38 bits per heavy atom. The Morgan fingerprint density at radius 3 is 2.71 bits per heavy atom. The molecule has 0 bridgehead atoms. The summed E-state index contributed by atoms with van der Waals surface area (Å²) in [7, 11) is 1.48. The third-order valence-electron chi connectivity index (χ3n) is 3.71. The molecule has 24 heavy (non-hydrogen) atoms. The van der Waals surface area contributed by atoms with Gasteiger partial charge in [-0.2, -0.15) is 0 Å². The first-order valence-corrected chi connectivity index (χ1v) is 8.07. The maximum Gasteiger partial charge on any atom is 0.326 e. The lowest BCUT2D eigenvalue weighted by Crippen LogP contribution is -2.46. The quantitative estimate of drug-likeness (QED) is 0.689. The Hall–Kier alpha value is -2.35. The second-order valence-corrected chi connectivity index (χ2v) is 6.37. The second kappa shape index (κ2) is 7.48. The Morgan fingerprint density at radius 2 is 2.08 bits per heavy atom. The number of amides is 2. The summed E-state index contributed by atoms with van der Waals surface area (Å²) in [6.07, 6.45) is 1.87. The van der Waals surface area contributed by atoms with Crippen LogP contribution in [0, 0.1) is 0 Å². The van der Waals surface area contributed by atoms with Gasteiger partial charge in [0.1, 0.15) is 6.04 Å². The number of aromatic amines is 1. The molecule has 0 aliphatic heterocycles. The van der Waals surface area contributed by atoms with Crippen molar-refractivity contribution in [2.75, 3.05) is 13.6 Å². The van der Waals surface area contributed by atoms with Crippen molar-refractivity contribution in [3.8, 4) is 0 Å². The molecule has 2 amide bonds. The van der Waals surface area contributed by atoms with Crippen molar-refractivity contribution < 1.29 is 19.5 Å². The number of rotatable bonds is 6. The smallest absolute Gasteiger partial charge is 0.326 e. The number of likely N-dealkylation sites (N-methyl/N-ethyl adjacent to an activating group) is 1. The van der Waals surface area contributed by atoms with Gasteiger partial charge in [0, 0.05) is 42.0 Å². The van der Waals surface area contributed by atoms with Crippen LogP contribution in [-0.4, -0.2) is 52.4 Å². The summed E-state index contributed by atoms with van der Waals surface area (Å²) in [4.78, 5) is 38.9. The van der Waals surface area contributed by atoms with Crippen molar-refractivity contribution in [1.82, 2.24) is 15.2 Å². The average Bonchev–Trinajstić information content (AvgIpc) is 2.90. The maximum absolute atomic E-state index is 11.9. The summed E-state index contributed by atoms with van der Waals surface area (Å²) in [6, 6.07) is 4.56. The van der Waals surface area contributed by atoms with Crippen LogP contribution < -0.4 is 5.32 Å². The van der Waals surface area contributed by atoms with Crippen molar-refractivity contribution in [1.29, 1.82) is 0 Å². The van der Waals surface area contributed by atoms with Crippen molar-refractivity contribution in [3.05, 3.63) is 34.4 Å². The molecule has 0 saturated carbocycles. The molecule has 0 spiro atoms. The summed E-state index contributed by atoms with van der Waals surface area (Å²) in [5, 5.41) is 12.7. The highest BCUT2D eigenvalue weighted by molar-refractivity contribution is 9.10. The zero-order chi connectivity index (χ0) is 17.9. The topological polar surface area (TPSA) is 103 Å². The number of carbonyl (C=O) groups is 3. The van der Waals surface area contributed by atoms with E-state index in [1.807, 2.05) is 18.2 Å². The molecule has 0 fully saturated rings. The van der Waals surface area contributed by atoms with Crippen molar-refractivity contribution in [2.24, 2.45) is 0 Å². The molecule has 1 aromatic heterocycles. The van der Waals surface area contributed by atoms with Crippen LogP contribution in [-0.2, 0) is 20.8 Å². The zero-order valence-electron chi connectivity index (χ0n) is 13.3. The van der Waals surface area contributed by atoms with E-state index in [2.05, 4.69) is 26.2 Å². The van der Waals surface area contributed by atoms with E-state index < -0.39 is 17.9 Å². The fourth-order valence-electron chi connectivity index (χ4n) is 2.36. The summed E-state index contributed by atoms with van der Waals surface area (Å²) < 4.78 is 0.850. The normalized spacial score (nSPS) is 12.0. The second-order valence-electron chi connectivity index (χ2n) is 5.51. The molecule has 8 heteroatoms. The van der Waals surface area contributed by atoms with Gasteiger partial charge >= 0.3 is 5.97 Å². The highest BCUT2D eigenvalue weighted by atomic mass is 79.9. The number of aromatic nitrogens is 1. The van der Waals surface area contributed by atoms with Gasteiger partial charge < -0.3 is 20.3 Å². The van der Waals surface area contributed by atoms with Gasteiger partial charge in [-0.15, -0.1) is 0 Å². The van der Waals surface area contributed by atoms with E-state index in [-0.39, 0.29) is 18.9 Å². The number of carbonyl (C=O) groups excluding carboxylic acids is 2. The Kier molecular flexibility index (Phi) is 5.61. The first-order chi connectivity index (χ1) is 11.3. The van der Waals surface area contributed by atoms with Crippen LogP contribution in [0.5, 0.6) is 0 Å². The molecule has 1 heterocycles. The molecule has 1 atom stereocenters. The minimum atomic E-state index is -1.13. The summed E-state index contributed by atoms with van der Waals surface area (Å²) >= 11 is 3.45. The number of fused-ring (bicyclic) bond motifs is 1. The van der Waals surface area contributed by atoms with Gasteiger partial charge in [-0.3, -0.25) is 9.59 Å². The number of carboxylic acid groups (broad SMARTS) is 1. The van der Waals surface area contributed by atoms with E-state index in [0.29, 0.717) is 0 Å². The predicted octanol–water partition coefficient (Wildman–Crippen LogP) is 1.52. The summed E-state index contributed by atoms with van der Waals surface area (Å²) in [6.45, 7) is 1.15. The molecule has 0 radical (unpaired) electrons. The van der Waals surface area contributed by atoms with Crippen molar-refractivity contribution >= 4 is 44.6 Å². The lowest BCUT2D eigenvalue weighted by atomic mass is 10.0. The van der Waals surface area contributed by atoms with E-state index in [1.165, 1.54) is 18.9 Å². The number of H-pyrrole nitrogens is 1. The van der Waals surface area contributed by atoms with Crippen LogP contribution in [0.15, 0.2) is 28.9 Å². The third kappa shape index (κ3) is 4.14. The van der Waals surface area contributed by atoms with Gasteiger partial charge in [-0.1, -0.05) is 22.0 Å². The molecule has 0 aliphatic rings. The molecule has 7 nitrogen and oxygen atoms in total. The number of carboxylic acids is 1. The molecule has 2 rings (SSSR count). The maximum atomic E-state index is 11.9. The Balaban J connectivity index is 2.15. The Bertz CT molecular complexity index is 787. The SMILES string of the molecule is CC(=O)N(C)CC(=O)NC(Cc1c[nH]c2cccc(Br)c12)C(=O)O. The number of hydrogen-bond acceptors (Lipinski definition) is 3. The van der Waals surface area contributed by atoms with E-state index in [1.54, 1.807) is 6.20 Å². The molecular weight excluding hydrogens is 378 g/mol. The van der Waals surface area contributed by atoms with Crippen LogP contribution in [0.2, 0.25) is 0 Å². The summed E-state index contributed by atoms with van der Waals surface area (Å²) in [5.41, 5.74) is 1.66. The lowest BCUT2D eigenvalue weighted by Gasteiger charge is -2.18. The average molecular weight is 396 g/mol. The molecule has 0 saturated heterocycles. The third-order valence-corrected chi connectivity index (χ3v) is 4.37. The van der Waals surface area contributed by atoms with E-state index in [9.17, 15) is 19.5 Å². The number of aliphatic carboxylic acids is 1. The van der Waals surface area contributed by atoms with Gasteiger partial charge in [0.25, 0.3) is 0 Å². The number of benzene rings is 1. The van der Waals surface area contributed by atoms with E-state index >= 15 is 0 Å². The summed E-state index contributed by atoms with van der Waals surface area (Å²) in [5.74, 6) is -1.91. The minimum absolute atomic E-state index is 0.132. The van der Waals surface area contributed by atoms with E-state index in [4.69, 9.17) is 0 Å². The molecule has 1 unspecified atom stereocenters. The molecule has 1 aromatic carbocycles. The van der Waals surface area contributed by atoms with Gasteiger partial charge in [-0.25, -0.2) is 4.79 Å². The standard InChI is InChI=1S/C16H18BrN3O4/c1-9(21)20(2)8-14(22)19-13(16(23)24)6-10-7-18-12-5-3-4-11(17)15(10)12/h3-5,7,13,18H,6,8H2,1-2H3,(H,19,22)(H,23,24). The van der Waals surface area contributed by atoms with E-state index in [0.717, 1.165) is 20.9 Å². The lowest BCUT2D eigenvalue weighted by molar-refractivity contribution is -0.142. The number of nitrogens with one attached hydrogen (secondary N) is 2. The van der Waals surface area contributed by atoms with Gasteiger partial charge in [0.2, 0.25) is 11.8 Å². The van der Waals surface area contributed by atoms with Crippen LogP contribution in [0.1, 0.15) is 12.5 Å². The first kappa shape index (κ1) is 18.0. The van der Waals surface area contributed by atoms with Crippen LogP contribution in [0.25, 0.3) is 10.9 Å². The van der Waals surface area contributed by atoms with Crippen LogP contribution >= 0.6 is 15.9 Å². The van der Waals surface area contributed by atoms with Crippen LogP contribution in [0.3, 0.4) is 0 Å². The van der Waals surface area contributed by atoms with Crippen LogP contribution in [0.4, 0.5) is 0 Å². The highest BCUT2D eigenvalue weighted by Crippen LogP contribution is 2.27. The van der Waals surface area contributed by atoms with Gasteiger partial charge in [-0.05, 0) is 17.7 Å². The predicted molar refractivity (Wildman–Crippen MR) is 92.6 cm³/mol. The molecule has 128 valence electrons. The molecular formula is C16H18BrN3O4. The van der Waals surface area contributed by atoms with Crippen molar-refractivity contribution in [2.45, 2.75) is 19.4 Å². The van der Waals surface area contributed by atoms with Gasteiger partial charge in [0.05, 0.1) is 6.54 Å². The number of hydrogen-bond donors (Lipinski definition) is 3. The molecule has 2 aromatic rings. The largest absolute Gasteiger partial charge is 0.480 e. The fraction of sp³-hybridized carbons (Fsp3) is 0.312.